The number of likely N-dealkylation sites (N-methyl/N-ethyl adjacent to an activating group) is 1. The molecule has 2 saturated heterocycles. The van der Waals surface area contributed by atoms with E-state index >= 15 is 0 Å². The van der Waals surface area contributed by atoms with Crippen molar-refractivity contribution < 1.29 is 33.7 Å². The molecule has 3 heterocycles. The maximum atomic E-state index is 12.5. The van der Waals surface area contributed by atoms with Crippen molar-refractivity contribution in [2.45, 2.75) is 43.2 Å². The summed E-state index contributed by atoms with van der Waals surface area (Å²) in [6, 6.07) is 4.45. The van der Waals surface area contributed by atoms with Crippen molar-refractivity contribution in [3.8, 4) is 17.2 Å². The molecule has 0 unspecified atom stereocenters. The molecule has 2 atom stereocenters. The van der Waals surface area contributed by atoms with E-state index in [0.29, 0.717) is 18.5 Å². The van der Waals surface area contributed by atoms with Crippen molar-refractivity contribution in [1.29, 1.82) is 0 Å². The number of phenolic OH excluding ortho intramolecular Hbond substituents is 1. The van der Waals surface area contributed by atoms with Crippen LogP contribution in [-0.2, 0) is 9.53 Å². The number of aldehydes is 1. The Bertz CT molecular complexity index is 1190. The Labute approximate surface area is 213 Å². The van der Waals surface area contributed by atoms with E-state index < -0.39 is 12.5 Å². The summed E-state index contributed by atoms with van der Waals surface area (Å²) in [5.74, 6) is 0.00763. The molecule has 1 aromatic heterocycles. The topological polar surface area (TPSA) is 146 Å². The number of rotatable bonds is 8. The molecule has 0 radical (unpaired) electrons. The molecule has 2 amide bonds. The molecule has 3 fully saturated rings. The van der Waals surface area contributed by atoms with Crippen LogP contribution in [0.4, 0.5) is 10.6 Å². The van der Waals surface area contributed by atoms with Crippen LogP contribution in [0.5, 0.6) is 17.2 Å². The number of phenols is 1. The molecule has 1 spiro atoms. The standard InChI is InChI=1S/C25H31N5O7/c1-29-6-5-25(29)13-30(14-25)24(34)37-16-4-3-15(7-16)19-10-22(28-27-19)26-23(33)12-36-21-9-17(35-2)8-20(32)18(21)11-31/h8-11,15-16,32H,3-7,12-14H2,1-2H3,(H2,26,27,28,33)/t15-,16+/m0/s1. The van der Waals surface area contributed by atoms with Crippen molar-refractivity contribution in [3.05, 3.63) is 29.5 Å². The van der Waals surface area contributed by atoms with Crippen LogP contribution < -0.4 is 14.8 Å². The Hall–Kier alpha value is -3.80. The fraction of sp³-hybridized carbons (Fsp3) is 0.520. The maximum absolute atomic E-state index is 12.5. The van der Waals surface area contributed by atoms with E-state index in [9.17, 15) is 19.5 Å². The second kappa shape index (κ2) is 9.92. The number of anilines is 1. The highest BCUT2D eigenvalue weighted by atomic mass is 16.6. The molecular weight excluding hydrogens is 482 g/mol. The summed E-state index contributed by atoms with van der Waals surface area (Å²) < 4.78 is 16.2. The molecule has 12 heteroatoms. The third-order valence-corrected chi connectivity index (χ3v) is 7.71. The number of amides is 2. The van der Waals surface area contributed by atoms with E-state index in [1.165, 1.54) is 19.2 Å². The van der Waals surface area contributed by atoms with Gasteiger partial charge in [0.2, 0.25) is 0 Å². The first-order valence-corrected chi connectivity index (χ1v) is 12.3. The molecule has 3 aliphatic rings. The fourth-order valence-electron chi connectivity index (χ4n) is 5.27. The molecule has 1 aromatic carbocycles. The van der Waals surface area contributed by atoms with Gasteiger partial charge in [-0.1, -0.05) is 0 Å². The molecular formula is C25H31N5O7. The van der Waals surface area contributed by atoms with Gasteiger partial charge in [0.15, 0.2) is 18.7 Å². The average molecular weight is 514 g/mol. The SMILES string of the molecule is COc1cc(O)c(C=O)c(OCC(=O)Nc2cc([C@H]3CC[C@@H](OC(=O)N4CC5(CCN5C)C4)C3)[nH]n2)c1. The number of ether oxygens (including phenoxy) is 3. The van der Waals surface area contributed by atoms with Gasteiger partial charge >= 0.3 is 6.09 Å². The van der Waals surface area contributed by atoms with Crippen molar-refractivity contribution >= 4 is 24.1 Å². The number of carbonyl (C=O) groups excluding carboxylic acids is 3. The molecule has 2 aliphatic heterocycles. The Morgan fingerprint density at radius 1 is 1.30 bits per heavy atom. The number of nitrogens with zero attached hydrogens (tertiary/aromatic N) is 3. The smallest absolute Gasteiger partial charge is 0.410 e. The van der Waals surface area contributed by atoms with Gasteiger partial charge in [0, 0.05) is 49.4 Å². The molecule has 3 N–H and O–H groups in total. The number of methoxy groups -OCH3 is 1. The normalized spacial score (nSPS) is 22.2. The van der Waals surface area contributed by atoms with Crippen LogP contribution in [0.25, 0.3) is 0 Å². The number of benzene rings is 1. The van der Waals surface area contributed by atoms with E-state index in [0.717, 1.165) is 44.6 Å². The molecule has 2 aromatic rings. The van der Waals surface area contributed by atoms with Gasteiger partial charge in [-0.2, -0.15) is 5.10 Å². The lowest BCUT2D eigenvalue weighted by molar-refractivity contribution is -0.118. The number of H-pyrrole nitrogens is 1. The lowest BCUT2D eigenvalue weighted by Gasteiger charge is -2.61. The second-order valence-electron chi connectivity index (χ2n) is 9.99. The number of hydrogen-bond donors (Lipinski definition) is 3. The van der Waals surface area contributed by atoms with Crippen molar-refractivity contribution in [2.24, 2.45) is 0 Å². The van der Waals surface area contributed by atoms with Crippen LogP contribution in [-0.4, -0.2) is 95.4 Å². The van der Waals surface area contributed by atoms with Crippen LogP contribution >= 0.6 is 0 Å². The van der Waals surface area contributed by atoms with Crippen LogP contribution in [0.2, 0.25) is 0 Å². The van der Waals surface area contributed by atoms with Gasteiger partial charge in [0.05, 0.1) is 18.2 Å². The van der Waals surface area contributed by atoms with Gasteiger partial charge in [-0.3, -0.25) is 19.6 Å². The van der Waals surface area contributed by atoms with E-state index in [2.05, 4.69) is 27.5 Å². The Kier molecular flexibility index (Phi) is 6.67. The van der Waals surface area contributed by atoms with Crippen LogP contribution in [0.3, 0.4) is 0 Å². The predicted octanol–water partition coefficient (Wildman–Crippen LogP) is 2.12. The van der Waals surface area contributed by atoms with E-state index in [4.69, 9.17) is 14.2 Å². The highest BCUT2D eigenvalue weighted by Crippen LogP contribution is 2.40. The molecule has 198 valence electrons. The zero-order valence-corrected chi connectivity index (χ0v) is 20.9. The lowest BCUT2D eigenvalue weighted by atomic mass is 9.78. The summed E-state index contributed by atoms with van der Waals surface area (Å²) in [6.07, 6.45) is 3.50. The van der Waals surface area contributed by atoms with Crippen molar-refractivity contribution in [2.75, 3.05) is 45.7 Å². The number of aromatic amines is 1. The first kappa shape index (κ1) is 24.9. The maximum Gasteiger partial charge on any atom is 0.410 e. The molecule has 1 saturated carbocycles. The lowest BCUT2D eigenvalue weighted by Crippen LogP contribution is -2.76. The number of nitrogens with one attached hydrogen (secondary N) is 2. The number of likely N-dealkylation sites (tertiary alicyclic amines) is 2. The molecule has 5 rings (SSSR count). The minimum atomic E-state index is -0.486. The molecule has 0 bridgehead atoms. The van der Waals surface area contributed by atoms with Crippen LogP contribution in [0, 0.1) is 0 Å². The summed E-state index contributed by atoms with van der Waals surface area (Å²) >= 11 is 0. The third kappa shape index (κ3) is 4.93. The summed E-state index contributed by atoms with van der Waals surface area (Å²) in [4.78, 5) is 40.2. The van der Waals surface area contributed by atoms with Gasteiger partial charge in [-0.15, -0.1) is 0 Å². The van der Waals surface area contributed by atoms with E-state index in [-0.39, 0.29) is 46.5 Å². The quantitative estimate of drug-likeness (QED) is 0.452. The third-order valence-electron chi connectivity index (χ3n) is 7.71. The number of carbonyl (C=O) groups is 3. The minimum Gasteiger partial charge on any atom is -0.507 e. The first-order valence-electron chi connectivity index (χ1n) is 12.3. The van der Waals surface area contributed by atoms with E-state index in [1.807, 2.05) is 0 Å². The zero-order chi connectivity index (χ0) is 26.2. The second-order valence-corrected chi connectivity index (χ2v) is 9.99. The van der Waals surface area contributed by atoms with E-state index in [1.54, 1.807) is 11.0 Å². The van der Waals surface area contributed by atoms with Gasteiger partial charge in [-0.25, -0.2) is 4.79 Å². The highest BCUT2D eigenvalue weighted by molar-refractivity contribution is 5.91. The molecule has 12 nitrogen and oxygen atoms in total. The first-order chi connectivity index (χ1) is 17.8. The Morgan fingerprint density at radius 3 is 2.78 bits per heavy atom. The predicted molar refractivity (Wildman–Crippen MR) is 131 cm³/mol. The van der Waals surface area contributed by atoms with Crippen molar-refractivity contribution in [1.82, 2.24) is 20.0 Å². The Morgan fingerprint density at radius 2 is 2.11 bits per heavy atom. The monoisotopic (exact) mass is 513 g/mol. The number of aromatic hydroxyl groups is 1. The highest BCUT2D eigenvalue weighted by Gasteiger charge is 2.53. The van der Waals surface area contributed by atoms with Gasteiger partial charge in [0.1, 0.15) is 23.4 Å². The number of hydrogen-bond acceptors (Lipinski definition) is 9. The van der Waals surface area contributed by atoms with Gasteiger partial charge in [0.25, 0.3) is 5.91 Å². The summed E-state index contributed by atoms with van der Waals surface area (Å²) in [5.41, 5.74) is 0.955. The summed E-state index contributed by atoms with van der Waals surface area (Å²) in [5, 5.41) is 19.7. The van der Waals surface area contributed by atoms with Crippen molar-refractivity contribution in [3.63, 3.8) is 0 Å². The average Bonchev–Trinajstić information content (AvgIpc) is 3.50. The molecule has 37 heavy (non-hydrogen) atoms. The zero-order valence-electron chi connectivity index (χ0n) is 20.9. The van der Waals surface area contributed by atoms with Gasteiger partial charge < -0.3 is 29.5 Å². The molecule has 1 aliphatic carbocycles. The van der Waals surface area contributed by atoms with Crippen LogP contribution in [0.1, 0.15) is 47.7 Å². The largest absolute Gasteiger partial charge is 0.507 e. The summed E-state index contributed by atoms with van der Waals surface area (Å²) in [7, 11) is 3.50. The van der Waals surface area contributed by atoms with Crippen LogP contribution in [0.15, 0.2) is 18.2 Å². The Balaban J connectivity index is 1.09. The minimum absolute atomic E-state index is 0.0318. The van der Waals surface area contributed by atoms with Gasteiger partial charge in [-0.05, 0) is 32.7 Å². The number of aromatic nitrogens is 2. The summed E-state index contributed by atoms with van der Waals surface area (Å²) in [6.45, 7) is 2.16. The fourth-order valence-corrected chi connectivity index (χ4v) is 5.27.